The molecule has 1 aromatic rings. The number of benzene rings is 1. The Hall–Kier alpha value is -0.110. The van der Waals surface area contributed by atoms with Gasteiger partial charge in [-0.05, 0) is 30.2 Å². The Labute approximate surface area is 136 Å². The molecular weight excluding hydrogens is 313 g/mol. The van der Waals surface area contributed by atoms with Crippen molar-refractivity contribution in [2.75, 3.05) is 10.6 Å². The first kappa shape index (κ1) is 17.9. The molecule has 0 aromatic heterocycles. The molecule has 0 aliphatic heterocycles. The van der Waals surface area contributed by atoms with Crippen molar-refractivity contribution in [3.8, 4) is 5.75 Å². The van der Waals surface area contributed by atoms with Crippen LogP contribution in [0.15, 0.2) is 12.1 Å². The van der Waals surface area contributed by atoms with Crippen molar-refractivity contribution in [3.63, 3.8) is 0 Å². The molecule has 0 radical (unpaired) electrons. The average molecular weight is 326 g/mol. The Bertz CT molecular complexity index is 414. The molecule has 18 heavy (non-hydrogen) atoms. The molecule has 0 atom stereocenters. The second kappa shape index (κ2) is 8.90. The maximum absolute atomic E-state index is 11.4. The summed E-state index contributed by atoms with van der Waals surface area (Å²) in [6.45, 7) is 1.64. The maximum Gasteiger partial charge on any atom is 1.00 e. The fourth-order valence-corrected chi connectivity index (χ4v) is 1.72. The Morgan fingerprint density at radius 2 is 2.22 bits per heavy atom. The van der Waals surface area contributed by atoms with Crippen LogP contribution in [0.3, 0.4) is 0 Å². The summed E-state index contributed by atoms with van der Waals surface area (Å²) < 4.78 is 0. The van der Waals surface area contributed by atoms with E-state index in [-0.39, 0.29) is 53.5 Å². The molecule has 1 aromatic carbocycles. The van der Waals surface area contributed by atoms with Crippen LogP contribution in [-0.2, 0) is 16.3 Å². The second-order valence-electron chi connectivity index (χ2n) is 3.55. The van der Waals surface area contributed by atoms with Crippen molar-refractivity contribution in [3.05, 3.63) is 23.3 Å². The Morgan fingerprint density at radius 1 is 1.56 bits per heavy atom. The fourth-order valence-electron chi connectivity index (χ4n) is 1.36. The zero-order valence-electron chi connectivity index (χ0n) is 10.3. The largest absolute Gasteiger partial charge is 1.00 e. The van der Waals surface area contributed by atoms with Gasteiger partial charge in [-0.2, -0.15) is 0 Å². The number of hydrogen-bond donors (Lipinski definition) is 2. The molecule has 0 heterocycles. The summed E-state index contributed by atoms with van der Waals surface area (Å²) >= 11 is 3.15. The van der Waals surface area contributed by atoms with Crippen LogP contribution in [0.4, 0.5) is 5.69 Å². The van der Waals surface area contributed by atoms with Gasteiger partial charge in [0.2, 0.25) is 5.91 Å². The molecule has 0 aliphatic rings. The van der Waals surface area contributed by atoms with E-state index in [1.165, 1.54) is 12.1 Å². The van der Waals surface area contributed by atoms with Crippen molar-refractivity contribution in [1.29, 1.82) is 0 Å². The molecule has 5 nitrogen and oxygen atoms in total. The first-order chi connectivity index (χ1) is 8.08. The number of amides is 1. The van der Waals surface area contributed by atoms with E-state index < -0.39 is 0 Å². The number of alkyl halides is 1. The molecule has 7 heteroatoms. The van der Waals surface area contributed by atoms with E-state index in [4.69, 9.17) is 0 Å². The number of phenols is 1. The molecule has 94 valence electrons. The quantitative estimate of drug-likeness (QED) is 0.220. The van der Waals surface area contributed by atoms with E-state index in [9.17, 15) is 15.2 Å². The van der Waals surface area contributed by atoms with Gasteiger partial charge in [-0.15, -0.1) is 0 Å². The third kappa shape index (κ3) is 5.26. The summed E-state index contributed by atoms with van der Waals surface area (Å²) in [5.74, 6) is -0.241. The van der Waals surface area contributed by atoms with Crippen LogP contribution in [-0.4, -0.2) is 16.3 Å². The van der Waals surface area contributed by atoms with Crippen molar-refractivity contribution in [2.24, 2.45) is 0 Å². The molecule has 0 spiro atoms. The van der Waals surface area contributed by atoms with Crippen LogP contribution in [0.25, 0.3) is 0 Å². The number of aromatic hydroxyl groups is 1. The van der Waals surface area contributed by atoms with E-state index in [1.54, 1.807) is 6.92 Å². The standard InChI is InChI=1S/C11H14BrNO4.Na/c1-7-4-10(14)9(5-8(7)6-17-16)13-11(15)2-3-12;/h4-5,14,16H,2-3,6H2,1H3,(H,13,15);/q;+1/p-1. The predicted octanol–water partition coefficient (Wildman–Crippen LogP) is -1.78. The minimum Gasteiger partial charge on any atom is -0.723 e. The number of rotatable bonds is 5. The van der Waals surface area contributed by atoms with Gasteiger partial charge in [-0.3, -0.25) is 4.79 Å². The molecule has 0 bridgehead atoms. The van der Waals surface area contributed by atoms with Gasteiger partial charge in [0.1, 0.15) is 5.75 Å². The van der Waals surface area contributed by atoms with Crippen LogP contribution in [0.1, 0.15) is 17.5 Å². The molecule has 0 aliphatic carbocycles. The number of carbonyl (C=O) groups excluding carboxylic acids is 1. The summed E-state index contributed by atoms with van der Waals surface area (Å²) in [6.07, 6.45) is 0.306. The number of carbonyl (C=O) groups is 1. The summed E-state index contributed by atoms with van der Waals surface area (Å²) in [5.41, 5.74) is 1.65. The maximum atomic E-state index is 11.4. The molecular formula is C11H13BrNNaO4. The molecule has 0 saturated heterocycles. The van der Waals surface area contributed by atoms with Gasteiger partial charge in [0.25, 0.3) is 0 Å². The van der Waals surface area contributed by atoms with Crippen molar-refractivity contribution >= 4 is 27.5 Å². The number of halogens is 1. The fraction of sp³-hybridized carbons (Fsp3) is 0.364. The molecule has 0 unspecified atom stereocenters. The monoisotopic (exact) mass is 325 g/mol. The predicted molar refractivity (Wildman–Crippen MR) is 64.7 cm³/mol. The normalized spacial score (nSPS) is 9.72. The van der Waals surface area contributed by atoms with Gasteiger partial charge in [0.15, 0.2) is 0 Å². The van der Waals surface area contributed by atoms with E-state index in [0.29, 0.717) is 17.3 Å². The number of aryl methyl sites for hydroxylation is 1. The number of phenolic OH excluding ortho intramolecular Hbond substituents is 1. The summed E-state index contributed by atoms with van der Waals surface area (Å²) in [6, 6.07) is 3.02. The van der Waals surface area contributed by atoms with Gasteiger partial charge < -0.3 is 20.6 Å². The topological polar surface area (TPSA) is 81.6 Å². The Kier molecular flexibility index (Phi) is 8.85. The molecule has 0 saturated carbocycles. The number of anilines is 1. The van der Waals surface area contributed by atoms with Gasteiger partial charge in [0, 0.05) is 11.8 Å². The minimum absolute atomic E-state index is 0. The second-order valence-corrected chi connectivity index (χ2v) is 4.34. The van der Waals surface area contributed by atoms with Crippen LogP contribution < -0.4 is 40.1 Å². The van der Waals surface area contributed by atoms with Crippen molar-refractivity contribution in [2.45, 2.75) is 20.0 Å². The third-order valence-corrected chi connectivity index (χ3v) is 2.66. The molecule has 1 amide bonds. The Balaban J connectivity index is 0.00000289. The van der Waals surface area contributed by atoms with Crippen LogP contribution >= 0.6 is 15.9 Å². The van der Waals surface area contributed by atoms with Crippen molar-refractivity contribution < 1.29 is 49.6 Å². The van der Waals surface area contributed by atoms with Crippen LogP contribution in [0.5, 0.6) is 5.75 Å². The van der Waals surface area contributed by atoms with Crippen LogP contribution in [0, 0.1) is 6.92 Å². The van der Waals surface area contributed by atoms with Gasteiger partial charge in [-0.1, -0.05) is 15.9 Å². The first-order valence-corrected chi connectivity index (χ1v) is 6.13. The Morgan fingerprint density at radius 3 is 2.78 bits per heavy atom. The number of nitrogens with one attached hydrogen (secondary N) is 1. The van der Waals surface area contributed by atoms with Crippen molar-refractivity contribution in [1.82, 2.24) is 0 Å². The van der Waals surface area contributed by atoms with Gasteiger partial charge in [-0.25, -0.2) is 0 Å². The van der Waals surface area contributed by atoms with E-state index in [0.717, 1.165) is 5.56 Å². The van der Waals surface area contributed by atoms with E-state index in [1.807, 2.05) is 0 Å². The first-order valence-electron chi connectivity index (χ1n) is 5.01. The molecule has 0 fully saturated rings. The SMILES string of the molecule is Cc1cc(O)c(NC(=O)CCBr)cc1CO[O-].[Na+]. The van der Waals surface area contributed by atoms with E-state index >= 15 is 0 Å². The van der Waals surface area contributed by atoms with Gasteiger partial charge >= 0.3 is 29.6 Å². The summed E-state index contributed by atoms with van der Waals surface area (Å²) in [5, 5.41) is 22.9. The number of hydrogen-bond acceptors (Lipinski definition) is 4. The average Bonchev–Trinajstić information content (AvgIpc) is 2.25. The zero-order valence-corrected chi connectivity index (χ0v) is 13.9. The molecule has 2 N–H and O–H groups in total. The summed E-state index contributed by atoms with van der Waals surface area (Å²) in [4.78, 5) is 15.2. The molecule has 1 rings (SSSR count). The summed E-state index contributed by atoms with van der Waals surface area (Å²) in [7, 11) is 0. The third-order valence-electron chi connectivity index (χ3n) is 2.26. The smallest absolute Gasteiger partial charge is 0.723 e. The van der Waals surface area contributed by atoms with Crippen LogP contribution in [0.2, 0.25) is 0 Å². The van der Waals surface area contributed by atoms with E-state index in [2.05, 4.69) is 26.1 Å². The minimum atomic E-state index is -0.213. The zero-order chi connectivity index (χ0) is 12.8. The van der Waals surface area contributed by atoms with Gasteiger partial charge in [0.05, 0.1) is 12.3 Å².